The van der Waals surface area contributed by atoms with Crippen LogP contribution >= 0.6 is 0 Å². The number of rotatable bonds is 7. The Hall–Kier alpha value is -1.32. The minimum atomic E-state index is -1.23. The lowest BCUT2D eigenvalue weighted by Crippen LogP contribution is -2.41. The van der Waals surface area contributed by atoms with Gasteiger partial charge in [-0.25, -0.2) is 0 Å². The van der Waals surface area contributed by atoms with Gasteiger partial charge in [-0.05, 0) is 26.7 Å². The molecule has 92 valence electrons. The van der Waals surface area contributed by atoms with Gasteiger partial charge in [0.2, 0.25) is 0 Å². The Kier molecular flexibility index (Phi) is 6.46. The van der Waals surface area contributed by atoms with Gasteiger partial charge in [-0.2, -0.15) is 0 Å². The second-order valence-corrected chi connectivity index (χ2v) is 3.37. The zero-order valence-electron chi connectivity index (χ0n) is 10.2. The molecule has 0 saturated heterocycles. The Morgan fingerprint density at radius 1 is 1.12 bits per heavy atom. The topological polar surface area (TPSA) is 52.6 Å². The van der Waals surface area contributed by atoms with E-state index in [9.17, 15) is 9.59 Å². The summed E-state index contributed by atoms with van der Waals surface area (Å²) in [6.45, 7) is 9.23. The molecule has 0 atom stereocenters. The molecule has 4 heteroatoms. The zero-order valence-corrected chi connectivity index (χ0v) is 10.2. The van der Waals surface area contributed by atoms with Crippen LogP contribution < -0.4 is 0 Å². The van der Waals surface area contributed by atoms with E-state index in [0.717, 1.165) is 0 Å². The van der Waals surface area contributed by atoms with Gasteiger partial charge in [0.15, 0.2) is 5.41 Å². The average Bonchev–Trinajstić information content (AvgIpc) is 2.26. The SMILES string of the molecule is C=CCC(CC)(C(=O)OCC)C(=O)OCC. The van der Waals surface area contributed by atoms with Gasteiger partial charge in [0.1, 0.15) is 0 Å². The van der Waals surface area contributed by atoms with Crippen LogP contribution in [0.25, 0.3) is 0 Å². The number of allylic oxidation sites excluding steroid dienone is 1. The van der Waals surface area contributed by atoms with E-state index in [4.69, 9.17) is 9.47 Å². The van der Waals surface area contributed by atoms with Crippen molar-refractivity contribution in [2.45, 2.75) is 33.6 Å². The summed E-state index contributed by atoms with van der Waals surface area (Å²) in [5.41, 5.74) is -1.23. The summed E-state index contributed by atoms with van der Waals surface area (Å²) < 4.78 is 9.86. The Morgan fingerprint density at radius 2 is 1.56 bits per heavy atom. The normalized spacial score (nSPS) is 10.7. The zero-order chi connectivity index (χ0) is 12.6. The molecule has 16 heavy (non-hydrogen) atoms. The fourth-order valence-electron chi connectivity index (χ4n) is 1.47. The number of esters is 2. The minimum absolute atomic E-state index is 0.237. The summed E-state index contributed by atoms with van der Waals surface area (Å²) in [6, 6.07) is 0. The van der Waals surface area contributed by atoms with Crippen LogP contribution in [0.4, 0.5) is 0 Å². The molecule has 0 aliphatic heterocycles. The maximum absolute atomic E-state index is 11.8. The van der Waals surface area contributed by atoms with Crippen LogP contribution in [-0.4, -0.2) is 25.2 Å². The van der Waals surface area contributed by atoms with Crippen molar-refractivity contribution in [1.82, 2.24) is 0 Å². The third-order valence-corrected chi connectivity index (χ3v) is 2.43. The largest absolute Gasteiger partial charge is 0.465 e. The van der Waals surface area contributed by atoms with Crippen molar-refractivity contribution in [3.05, 3.63) is 12.7 Å². The van der Waals surface area contributed by atoms with Gasteiger partial charge < -0.3 is 9.47 Å². The highest BCUT2D eigenvalue weighted by Crippen LogP contribution is 2.30. The van der Waals surface area contributed by atoms with E-state index in [-0.39, 0.29) is 19.6 Å². The van der Waals surface area contributed by atoms with Crippen LogP contribution in [0.3, 0.4) is 0 Å². The fourth-order valence-corrected chi connectivity index (χ4v) is 1.47. The lowest BCUT2D eigenvalue weighted by molar-refractivity contribution is -0.172. The number of hydrogen-bond acceptors (Lipinski definition) is 4. The summed E-state index contributed by atoms with van der Waals surface area (Å²) in [7, 11) is 0. The van der Waals surface area contributed by atoms with Crippen LogP contribution in [0.5, 0.6) is 0 Å². The minimum Gasteiger partial charge on any atom is -0.465 e. The lowest BCUT2D eigenvalue weighted by atomic mass is 9.81. The molecule has 0 aromatic carbocycles. The third kappa shape index (κ3) is 3.08. The predicted octanol–water partition coefficient (Wildman–Crippen LogP) is 2.09. The van der Waals surface area contributed by atoms with Crippen LogP contribution in [0.1, 0.15) is 33.6 Å². The molecule has 0 aromatic rings. The molecule has 0 radical (unpaired) electrons. The van der Waals surface area contributed by atoms with Gasteiger partial charge >= 0.3 is 11.9 Å². The van der Waals surface area contributed by atoms with E-state index in [1.807, 2.05) is 0 Å². The summed E-state index contributed by atoms with van der Waals surface area (Å²) >= 11 is 0. The van der Waals surface area contributed by atoms with Crippen molar-refractivity contribution in [2.24, 2.45) is 5.41 Å². The van der Waals surface area contributed by atoms with Gasteiger partial charge in [-0.15, -0.1) is 6.58 Å². The summed E-state index contributed by atoms with van der Waals surface area (Å²) in [4.78, 5) is 23.7. The van der Waals surface area contributed by atoms with Crippen LogP contribution in [0.15, 0.2) is 12.7 Å². The first-order valence-electron chi connectivity index (χ1n) is 5.54. The van der Waals surface area contributed by atoms with E-state index in [0.29, 0.717) is 6.42 Å². The average molecular weight is 228 g/mol. The lowest BCUT2D eigenvalue weighted by Gasteiger charge is -2.26. The molecule has 0 fully saturated rings. The summed E-state index contributed by atoms with van der Waals surface area (Å²) in [5.74, 6) is -1.06. The van der Waals surface area contributed by atoms with Crippen LogP contribution in [-0.2, 0) is 19.1 Å². The Labute approximate surface area is 96.6 Å². The summed E-state index contributed by atoms with van der Waals surface area (Å²) in [6.07, 6.45) is 2.12. The monoisotopic (exact) mass is 228 g/mol. The van der Waals surface area contributed by atoms with Crippen molar-refractivity contribution in [3.63, 3.8) is 0 Å². The van der Waals surface area contributed by atoms with Crippen molar-refractivity contribution in [2.75, 3.05) is 13.2 Å². The highest BCUT2D eigenvalue weighted by Gasteiger charge is 2.46. The van der Waals surface area contributed by atoms with E-state index in [1.54, 1.807) is 20.8 Å². The molecule has 0 spiro atoms. The molecule has 0 aliphatic carbocycles. The Bertz CT molecular complexity index is 240. The van der Waals surface area contributed by atoms with E-state index in [1.165, 1.54) is 6.08 Å². The van der Waals surface area contributed by atoms with Gasteiger partial charge in [-0.1, -0.05) is 13.0 Å². The molecular formula is C12H20O4. The molecule has 0 amide bonds. The van der Waals surface area contributed by atoms with E-state index < -0.39 is 17.4 Å². The third-order valence-electron chi connectivity index (χ3n) is 2.43. The van der Waals surface area contributed by atoms with Gasteiger partial charge in [0.05, 0.1) is 13.2 Å². The molecule has 0 heterocycles. The van der Waals surface area contributed by atoms with Crippen molar-refractivity contribution < 1.29 is 19.1 Å². The Morgan fingerprint density at radius 3 is 1.81 bits per heavy atom. The molecule has 0 bridgehead atoms. The number of hydrogen-bond donors (Lipinski definition) is 0. The first kappa shape index (κ1) is 14.7. The molecule has 0 unspecified atom stereocenters. The number of ether oxygens (including phenoxy) is 2. The van der Waals surface area contributed by atoms with E-state index >= 15 is 0 Å². The van der Waals surface area contributed by atoms with Crippen molar-refractivity contribution in [3.8, 4) is 0 Å². The molecule has 0 saturated carbocycles. The fraction of sp³-hybridized carbons (Fsp3) is 0.667. The second kappa shape index (κ2) is 7.04. The molecule has 0 N–H and O–H groups in total. The Balaban J connectivity index is 5.04. The first-order chi connectivity index (χ1) is 7.58. The van der Waals surface area contributed by atoms with Crippen molar-refractivity contribution >= 4 is 11.9 Å². The molecular weight excluding hydrogens is 208 g/mol. The smallest absolute Gasteiger partial charge is 0.323 e. The highest BCUT2D eigenvalue weighted by molar-refractivity contribution is 6.00. The molecule has 0 rings (SSSR count). The number of carbonyl (C=O) groups excluding carboxylic acids is 2. The first-order valence-corrected chi connectivity index (χ1v) is 5.54. The van der Waals surface area contributed by atoms with E-state index in [2.05, 4.69) is 6.58 Å². The molecule has 4 nitrogen and oxygen atoms in total. The molecule has 0 aromatic heterocycles. The maximum atomic E-state index is 11.8. The van der Waals surface area contributed by atoms with Gasteiger partial charge in [0, 0.05) is 0 Å². The van der Waals surface area contributed by atoms with Crippen LogP contribution in [0, 0.1) is 5.41 Å². The number of carbonyl (C=O) groups is 2. The summed E-state index contributed by atoms with van der Waals surface area (Å²) in [5, 5.41) is 0. The van der Waals surface area contributed by atoms with Gasteiger partial charge in [-0.3, -0.25) is 9.59 Å². The molecule has 0 aliphatic rings. The van der Waals surface area contributed by atoms with Crippen molar-refractivity contribution in [1.29, 1.82) is 0 Å². The highest BCUT2D eigenvalue weighted by atomic mass is 16.6. The standard InChI is InChI=1S/C12H20O4/c1-5-9-12(6-2,10(13)15-7-3)11(14)16-8-4/h5H,1,6-9H2,2-4H3. The maximum Gasteiger partial charge on any atom is 0.323 e. The predicted molar refractivity (Wildman–Crippen MR) is 60.8 cm³/mol. The van der Waals surface area contributed by atoms with Crippen LogP contribution in [0.2, 0.25) is 0 Å². The second-order valence-electron chi connectivity index (χ2n) is 3.37. The quantitative estimate of drug-likeness (QED) is 0.380. The van der Waals surface area contributed by atoms with Gasteiger partial charge in [0.25, 0.3) is 0 Å².